The molecule has 4 nitrogen and oxygen atoms in total. The van der Waals surface area contributed by atoms with Crippen molar-refractivity contribution in [1.29, 1.82) is 0 Å². The molecule has 2 heterocycles. The third kappa shape index (κ3) is 2.38. The second kappa shape index (κ2) is 4.25. The van der Waals surface area contributed by atoms with Crippen molar-refractivity contribution in [3.8, 4) is 0 Å². The number of Topliss-reactive ketones (excluding diaryl/α,β-unsaturated/α-hetero) is 1. The van der Waals surface area contributed by atoms with Crippen LogP contribution in [0.5, 0.6) is 0 Å². The van der Waals surface area contributed by atoms with Crippen molar-refractivity contribution in [2.75, 3.05) is 6.54 Å². The van der Waals surface area contributed by atoms with Gasteiger partial charge >= 0.3 is 6.09 Å². The van der Waals surface area contributed by atoms with Crippen molar-refractivity contribution in [3.63, 3.8) is 0 Å². The summed E-state index contributed by atoms with van der Waals surface area (Å²) in [7, 11) is 0. The van der Waals surface area contributed by atoms with Gasteiger partial charge in [0.05, 0.1) is 0 Å². The van der Waals surface area contributed by atoms with E-state index in [2.05, 4.69) is 0 Å². The molecule has 18 heavy (non-hydrogen) atoms. The molecule has 2 saturated heterocycles. The zero-order chi connectivity index (χ0) is 13.6. The van der Waals surface area contributed by atoms with Crippen LogP contribution in [0.15, 0.2) is 0 Å². The van der Waals surface area contributed by atoms with E-state index in [1.165, 1.54) is 0 Å². The second-order valence-corrected chi connectivity index (χ2v) is 6.68. The normalized spacial score (nSPS) is 31.3. The molecule has 0 unspecified atom stereocenters. The molecule has 102 valence electrons. The number of amides is 1. The highest BCUT2D eigenvalue weighted by molar-refractivity contribution is 5.84. The highest BCUT2D eigenvalue weighted by Gasteiger charge is 2.49. The fourth-order valence-corrected chi connectivity index (χ4v) is 3.08. The summed E-state index contributed by atoms with van der Waals surface area (Å²) in [6, 6.07) is 0.265. The maximum atomic E-state index is 12.2. The molecule has 0 spiro atoms. The number of fused-ring (bicyclic) bond motifs is 3. The number of piperidine rings is 2. The molecule has 2 aliphatic heterocycles. The number of ether oxygens (including phenoxy) is 1. The first-order valence-electron chi connectivity index (χ1n) is 6.74. The fraction of sp³-hybridized carbons (Fsp3) is 0.857. The van der Waals surface area contributed by atoms with Crippen LogP contribution in [0.3, 0.4) is 0 Å². The lowest BCUT2D eigenvalue weighted by atomic mass is 9.66. The predicted molar refractivity (Wildman–Crippen MR) is 68.3 cm³/mol. The van der Waals surface area contributed by atoms with Gasteiger partial charge in [-0.3, -0.25) is 4.79 Å². The van der Waals surface area contributed by atoms with Crippen LogP contribution in [0.4, 0.5) is 4.79 Å². The first kappa shape index (κ1) is 13.4. The molecule has 2 bridgehead atoms. The number of carbonyl (C=O) groups is 2. The standard InChI is InChI=1S/C14H23NO3/c1-10(16)14-7-5-11(6-8-14)15(9-14)12(17)18-13(2,3)4/h11H,5-9H2,1-4H3. The van der Waals surface area contributed by atoms with E-state index < -0.39 is 5.60 Å². The van der Waals surface area contributed by atoms with Crippen molar-refractivity contribution in [1.82, 2.24) is 4.90 Å². The first-order chi connectivity index (χ1) is 8.23. The maximum Gasteiger partial charge on any atom is 0.410 e. The van der Waals surface area contributed by atoms with Crippen molar-refractivity contribution in [2.24, 2.45) is 5.41 Å². The molecule has 3 rings (SSSR count). The van der Waals surface area contributed by atoms with Gasteiger partial charge in [-0.05, 0) is 53.4 Å². The quantitative estimate of drug-likeness (QED) is 0.722. The predicted octanol–water partition coefficient (Wildman–Crippen LogP) is 2.76. The topological polar surface area (TPSA) is 46.6 Å². The molecule has 0 atom stereocenters. The van der Waals surface area contributed by atoms with Crippen molar-refractivity contribution >= 4 is 11.9 Å². The van der Waals surface area contributed by atoms with Crippen LogP contribution in [0.2, 0.25) is 0 Å². The minimum Gasteiger partial charge on any atom is -0.444 e. The summed E-state index contributed by atoms with van der Waals surface area (Å²) < 4.78 is 5.43. The molecule has 1 amide bonds. The number of rotatable bonds is 1. The monoisotopic (exact) mass is 253 g/mol. The van der Waals surface area contributed by atoms with Gasteiger partial charge in [0.25, 0.3) is 0 Å². The average molecular weight is 253 g/mol. The van der Waals surface area contributed by atoms with Gasteiger partial charge in [0.2, 0.25) is 0 Å². The molecule has 0 aromatic rings. The minimum atomic E-state index is -0.475. The Morgan fingerprint density at radius 2 is 1.78 bits per heavy atom. The van der Waals surface area contributed by atoms with Crippen LogP contribution < -0.4 is 0 Å². The number of carbonyl (C=O) groups excluding carboxylic acids is 2. The molecule has 0 aromatic heterocycles. The SMILES string of the molecule is CC(=O)C12CCC(CC1)N(C(=O)OC(C)(C)C)C2. The third-order valence-electron chi connectivity index (χ3n) is 4.20. The van der Waals surface area contributed by atoms with Gasteiger partial charge in [-0.1, -0.05) is 0 Å². The van der Waals surface area contributed by atoms with E-state index in [9.17, 15) is 9.59 Å². The summed E-state index contributed by atoms with van der Waals surface area (Å²) >= 11 is 0. The Labute approximate surface area is 109 Å². The van der Waals surface area contributed by atoms with Crippen LogP contribution in [-0.4, -0.2) is 35.0 Å². The summed E-state index contributed by atoms with van der Waals surface area (Å²) in [5, 5.41) is 0. The van der Waals surface area contributed by atoms with E-state index >= 15 is 0 Å². The Balaban J connectivity index is 2.11. The Bertz CT molecular complexity index is 362. The summed E-state index contributed by atoms with van der Waals surface area (Å²) in [4.78, 5) is 25.8. The Morgan fingerprint density at radius 1 is 1.22 bits per heavy atom. The minimum absolute atomic E-state index is 0.217. The van der Waals surface area contributed by atoms with Crippen molar-refractivity contribution in [2.45, 2.75) is 65.0 Å². The number of nitrogens with zero attached hydrogens (tertiary/aromatic N) is 1. The highest BCUT2D eigenvalue weighted by Crippen LogP contribution is 2.45. The molecule has 0 N–H and O–H groups in total. The van der Waals surface area contributed by atoms with Gasteiger partial charge in [-0.25, -0.2) is 4.79 Å². The van der Waals surface area contributed by atoms with Crippen LogP contribution in [0.25, 0.3) is 0 Å². The van der Waals surface area contributed by atoms with Gasteiger partial charge in [-0.15, -0.1) is 0 Å². The van der Waals surface area contributed by atoms with Gasteiger partial charge in [-0.2, -0.15) is 0 Å². The lowest BCUT2D eigenvalue weighted by molar-refractivity contribution is -0.135. The van der Waals surface area contributed by atoms with E-state index in [1.54, 1.807) is 11.8 Å². The Hall–Kier alpha value is -1.06. The van der Waals surface area contributed by atoms with Crippen LogP contribution >= 0.6 is 0 Å². The summed E-state index contributed by atoms with van der Waals surface area (Å²) in [5.74, 6) is 0.217. The fourth-order valence-electron chi connectivity index (χ4n) is 3.08. The van der Waals surface area contributed by atoms with Crippen LogP contribution in [0, 0.1) is 5.41 Å². The van der Waals surface area contributed by atoms with Crippen molar-refractivity contribution < 1.29 is 14.3 Å². The maximum absolute atomic E-state index is 12.2. The zero-order valence-electron chi connectivity index (χ0n) is 11.8. The van der Waals surface area contributed by atoms with E-state index in [1.807, 2.05) is 20.8 Å². The van der Waals surface area contributed by atoms with E-state index in [0.29, 0.717) is 6.54 Å². The molecule has 1 aliphatic carbocycles. The smallest absolute Gasteiger partial charge is 0.410 e. The third-order valence-corrected chi connectivity index (χ3v) is 4.20. The molecule has 0 radical (unpaired) electrons. The van der Waals surface area contributed by atoms with Gasteiger partial charge in [0.1, 0.15) is 11.4 Å². The Morgan fingerprint density at radius 3 is 2.22 bits per heavy atom. The molecule has 4 heteroatoms. The molecule has 3 fully saturated rings. The number of hydrogen-bond acceptors (Lipinski definition) is 3. The van der Waals surface area contributed by atoms with Crippen LogP contribution in [-0.2, 0) is 9.53 Å². The van der Waals surface area contributed by atoms with E-state index in [4.69, 9.17) is 4.74 Å². The van der Waals surface area contributed by atoms with E-state index in [-0.39, 0.29) is 23.3 Å². The number of hydrogen-bond donors (Lipinski definition) is 0. The molecular formula is C14H23NO3. The second-order valence-electron chi connectivity index (χ2n) is 6.68. The molecular weight excluding hydrogens is 230 g/mol. The Kier molecular flexibility index (Phi) is 3.16. The summed E-state index contributed by atoms with van der Waals surface area (Å²) in [5.41, 5.74) is -0.775. The average Bonchev–Trinajstić information content (AvgIpc) is 2.28. The van der Waals surface area contributed by atoms with Crippen molar-refractivity contribution in [3.05, 3.63) is 0 Å². The lowest BCUT2D eigenvalue weighted by Gasteiger charge is -2.51. The largest absolute Gasteiger partial charge is 0.444 e. The summed E-state index contributed by atoms with van der Waals surface area (Å²) in [6.45, 7) is 7.80. The van der Waals surface area contributed by atoms with Gasteiger partial charge in [0.15, 0.2) is 0 Å². The van der Waals surface area contributed by atoms with Gasteiger partial charge in [0, 0.05) is 18.0 Å². The zero-order valence-corrected chi connectivity index (χ0v) is 11.8. The number of ketones is 1. The molecule has 0 aromatic carbocycles. The highest BCUT2D eigenvalue weighted by atomic mass is 16.6. The van der Waals surface area contributed by atoms with Gasteiger partial charge < -0.3 is 9.64 Å². The molecule has 1 saturated carbocycles. The summed E-state index contributed by atoms with van der Waals surface area (Å²) in [6.07, 6.45) is 3.44. The van der Waals surface area contributed by atoms with E-state index in [0.717, 1.165) is 25.7 Å². The lowest BCUT2D eigenvalue weighted by Crippen LogP contribution is -2.59. The van der Waals surface area contributed by atoms with Crippen LogP contribution in [0.1, 0.15) is 53.4 Å². The first-order valence-corrected chi connectivity index (χ1v) is 6.74. The molecule has 3 aliphatic rings.